The predicted molar refractivity (Wildman–Crippen MR) is 248 cm³/mol. The number of aliphatic hydroxyl groups excluding tert-OH is 1. The molecule has 0 saturated heterocycles. The Balaban J connectivity index is 1.23. The lowest BCUT2D eigenvalue weighted by molar-refractivity contribution is -0.139. The van der Waals surface area contributed by atoms with Crippen molar-refractivity contribution in [2.75, 3.05) is 31.6 Å². The average molecular weight is 909 g/mol. The number of nitrogens with zero attached hydrogens (tertiary/aromatic N) is 4. The van der Waals surface area contributed by atoms with Crippen molar-refractivity contribution in [3.63, 3.8) is 0 Å². The summed E-state index contributed by atoms with van der Waals surface area (Å²) >= 11 is 0. The fourth-order valence-electron chi connectivity index (χ4n) is 8.72. The minimum absolute atomic E-state index is 0.0519. The number of alkyl carbamates (subject to hydrolysis) is 1. The van der Waals surface area contributed by atoms with Crippen molar-refractivity contribution in [1.29, 1.82) is 0 Å². The molecule has 5 amide bonds. The highest BCUT2D eigenvalue weighted by molar-refractivity contribution is 5.96. The number of rotatable bonds is 4. The summed E-state index contributed by atoms with van der Waals surface area (Å²) in [7, 11) is 0. The summed E-state index contributed by atoms with van der Waals surface area (Å²) in [4.78, 5) is 71.6. The molecule has 3 aromatic carbocycles. The van der Waals surface area contributed by atoms with Crippen LogP contribution >= 0.6 is 0 Å². The summed E-state index contributed by atoms with van der Waals surface area (Å²) in [6, 6.07) is 20.0. The normalized spacial score (nSPS) is 21.2. The van der Waals surface area contributed by atoms with Crippen LogP contribution in [0.5, 0.6) is 0 Å². The lowest BCUT2D eigenvalue weighted by Crippen LogP contribution is -2.51. The van der Waals surface area contributed by atoms with Crippen LogP contribution < -0.4 is 21.3 Å². The van der Waals surface area contributed by atoms with Gasteiger partial charge in [0, 0.05) is 25.2 Å². The zero-order valence-corrected chi connectivity index (χ0v) is 38.8. The van der Waals surface area contributed by atoms with Crippen LogP contribution in [0.2, 0.25) is 0 Å². The van der Waals surface area contributed by atoms with E-state index in [-0.39, 0.29) is 61.8 Å². The highest BCUT2D eigenvalue weighted by atomic mass is 19.1. The quantitative estimate of drug-likeness (QED) is 0.143. The lowest BCUT2D eigenvalue weighted by atomic mass is 9.69. The molecule has 5 aliphatic rings. The molecule has 1 saturated carbocycles. The molecular weight excluding hydrogens is 844 g/mol. The summed E-state index contributed by atoms with van der Waals surface area (Å²) in [6.45, 7) is 9.09. The molecule has 16 heteroatoms. The van der Waals surface area contributed by atoms with E-state index in [9.17, 15) is 29.1 Å². The highest BCUT2D eigenvalue weighted by Gasteiger charge is 2.39. The molecule has 5 heterocycles. The smallest absolute Gasteiger partial charge is 0.407 e. The van der Waals surface area contributed by atoms with Crippen LogP contribution in [0, 0.1) is 23.1 Å². The summed E-state index contributed by atoms with van der Waals surface area (Å²) in [5.74, 6) is -0.901. The first-order valence-corrected chi connectivity index (χ1v) is 23.1. The molecule has 1 aromatic heterocycles. The number of benzene rings is 3. The van der Waals surface area contributed by atoms with Crippen molar-refractivity contribution >= 4 is 35.4 Å². The number of aliphatic hydroxyl groups is 1. The van der Waals surface area contributed by atoms with E-state index in [4.69, 9.17) is 14.8 Å². The molecule has 2 atom stereocenters. The Morgan fingerprint density at radius 2 is 1.67 bits per heavy atom. The molecule has 4 aromatic rings. The molecule has 354 valence electrons. The molecule has 1 unspecified atom stereocenters. The molecule has 9 rings (SSSR count). The second-order valence-electron chi connectivity index (χ2n) is 18.9. The van der Waals surface area contributed by atoms with Crippen LogP contribution in [0.15, 0.2) is 72.8 Å². The van der Waals surface area contributed by atoms with Crippen molar-refractivity contribution in [3.05, 3.63) is 101 Å². The third kappa shape index (κ3) is 13.5. The molecule has 66 heavy (non-hydrogen) atoms. The van der Waals surface area contributed by atoms with E-state index in [1.807, 2.05) is 77.1 Å². The van der Waals surface area contributed by atoms with Gasteiger partial charge in [0.2, 0.25) is 23.6 Å². The molecule has 0 spiro atoms. The second kappa shape index (κ2) is 22.8. The molecule has 0 radical (unpaired) electrons. The third-order valence-corrected chi connectivity index (χ3v) is 12.3. The van der Waals surface area contributed by atoms with E-state index in [0.29, 0.717) is 42.4 Å². The van der Waals surface area contributed by atoms with E-state index in [1.165, 1.54) is 6.07 Å². The fourth-order valence-corrected chi connectivity index (χ4v) is 8.72. The van der Waals surface area contributed by atoms with Crippen molar-refractivity contribution in [3.8, 4) is 11.4 Å². The molecule has 5 N–H and O–H groups in total. The molecule has 8 bridgehead atoms. The van der Waals surface area contributed by atoms with Gasteiger partial charge in [-0.2, -0.15) is 5.10 Å². The SMILES string of the molecule is CC(C)C1NC(=O)CCCCCC2CC(C2)c2ccc(F)c(c2)-c2nc(n(Cc3ccccc3)n2)[C@@H](C(C)(C)C)N(C(=O)CO)CCCNC(=O)OCc2ccc(cc2)NC(=O)CNC1=O. The average Bonchev–Trinajstić information content (AvgIpc) is 3.67. The largest absolute Gasteiger partial charge is 0.445 e. The van der Waals surface area contributed by atoms with E-state index in [2.05, 4.69) is 21.3 Å². The summed E-state index contributed by atoms with van der Waals surface area (Å²) in [5.41, 5.74) is 2.71. The molecular formula is C50H65FN8O7. The first-order valence-electron chi connectivity index (χ1n) is 23.1. The molecule has 1 aliphatic carbocycles. The maximum Gasteiger partial charge on any atom is 0.407 e. The van der Waals surface area contributed by atoms with Gasteiger partial charge in [-0.25, -0.2) is 18.9 Å². The number of carbonyl (C=O) groups is 5. The third-order valence-electron chi connectivity index (χ3n) is 12.3. The van der Waals surface area contributed by atoms with Crippen LogP contribution in [0.1, 0.15) is 120 Å². The minimum Gasteiger partial charge on any atom is -0.445 e. The van der Waals surface area contributed by atoms with Gasteiger partial charge in [0.15, 0.2) is 11.6 Å². The standard InChI is InChI=1S/C50H65FN8O7/c1-32(2)44-48(64)53-28-42(62)54-38-20-17-34(18-21-38)31-66-49(65)52-23-12-24-58(43(63)30-60)45(50(3,4)5)47-56-46(57-59(47)29-33-13-8-6-9-14-33)39-27-36(19-22-40(39)51)37-25-35(26-37)15-10-7-11-16-41(61)55-44/h6,8-9,13-14,17-22,27,32,35,37,44-45,60H,7,10-12,15-16,23-26,28-31H2,1-5H3,(H,52,65)(H,53,64)(H,54,62)(H,55,61)/t35?,37?,44?,45-/m0/s1. The van der Waals surface area contributed by atoms with Crippen LogP contribution in [-0.2, 0) is 37.1 Å². The summed E-state index contributed by atoms with van der Waals surface area (Å²) < 4.78 is 23.1. The monoisotopic (exact) mass is 908 g/mol. The van der Waals surface area contributed by atoms with Gasteiger partial charge in [-0.05, 0) is 89.8 Å². The first kappa shape index (κ1) is 49.3. The maximum atomic E-state index is 15.9. The number of hydrogen-bond donors (Lipinski definition) is 5. The number of amides is 5. The highest BCUT2D eigenvalue weighted by Crippen LogP contribution is 2.45. The van der Waals surface area contributed by atoms with Crippen molar-refractivity contribution in [2.45, 2.75) is 117 Å². The minimum atomic E-state index is -0.790. The lowest BCUT2D eigenvalue weighted by Gasteiger charge is -2.39. The number of anilines is 1. The zero-order valence-electron chi connectivity index (χ0n) is 38.8. The number of carbonyl (C=O) groups excluding carboxylic acids is 5. The zero-order chi connectivity index (χ0) is 47.4. The molecule has 1 fully saturated rings. The Morgan fingerprint density at radius 1 is 0.924 bits per heavy atom. The van der Waals surface area contributed by atoms with Crippen LogP contribution in [0.3, 0.4) is 0 Å². The Morgan fingerprint density at radius 3 is 2.36 bits per heavy atom. The van der Waals surface area contributed by atoms with Crippen molar-refractivity contribution in [2.24, 2.45) is 17.3 Å². The molecule has 4 aliphatic heterocycles. The number of aromatic nitrogens is 3. The van der Waals surface area contributed by atoms with Gasteiger partial charge >= 0.3 is 6.09 Å². The Bertz CT molecular complexity index is 2290. The molecule has 15 nitrogen and oxygen atoms in total. The van der Waals surface area contributed by atoms with E-state index < -0.39 is 53.7 Å². The predicted octanol–water partition coefficient (Wildman–Crippen LogP) is 7.01. The van der Waals surface area contributed by atoms with Gasteiger partial charge in [-0.1, -0.05) is 102 Å². The van der Waals surface area contributed by atoms with Crippen molar-refractivity contribution < 1.29 is 38.2 Å². The van der Waals surface area contributed by atoms with Crippen LogP contribution in [0.4, 0.5) is 14.9 Å². The van der Waals surface area contributed by atoms with E-state index in [0.717, 1.165) is 43.2 Å². The van der Waals surface area contributed by atoms with Gasteiger partial charge in [-0.15, -0.1) is 0 Å². The topological polar surface area (TPSA) is 197 Å². The number of hydrogen-bond acceptors (Lipinski definition) is 9. The van der Waals surface area contributed by atoms with Crippen LogP contribution in [0.25, 0.3) is 11.4 Å². The van der Waals surface area contributed by atoms with E-state index in [1.54, 1.807) is 33.8 Å². The number of halogens is 1. The van der Waals surface area contributed by atoms with E-state index >= 15 is 4.39 Å². The summed E-state index contributed by atoms with van der Waals surface area (Å²) in [6.07, 6.45) is 5.38. The van der Waals surface area contributed by atoms with Crippen LogP contribution in [-0.4, -0.2) is 86.8 Å². The number of ether oxygens (including phenoxy) is 1. The van der Waals surface area contributed by atoms with Crippen molar-refractivity contribution in [1.82, 2.24) is 35.6 Å². The number of nitrogens with one attached hydrogen (secondary N) is 4. The van der Waals surface area contributed by atoms with Gasteiger partial charge in [0.25, 0.3) is 0 Å². The van der Waals surface area contributed by atoms with Gasteiger partial charge in [-0.3, -0.25) is 19.2 Å². The second-order valence-corrected chi connectivity index (χ2v) is 18.9. The summed E-state index contributed by atoms with van der Waals surface area (Å²) in [5, 5.41) is 26.1. The first-order chi connectivity index (χ1) is 31.6. The van der Waals surface area contributed by atoms with Gasteiger partial charge in [0.05, 0.1) is 24.7 Å². The van der Waals surface area contributed by atoms with Gasteiger partial charge < -0.3 is 36.0 Å². The van der Waals surface area contributed by atoms with Gasteiger partial charge in [0.1, 0.15) is 25.1 Å². The Labute approximate surface area is 386 Å². The maximum absolute atomic E-state index is 15.9. The fraction of sp³-hybridized carbons (Fsp3) is 0.500. The Kier molecular flexibility index (Phi) is 17.1. The Hall–Kier alpha value is -6.16.